The fourth-order valence-electron chi connectivity index (χ4n) is 10.4. The Morgan fingerprint density at radius 1 is 0.305 bits per heavy atom. The molecule has 0 bridgehead atoms. The summed E-state index contributed by atoms with van der Waals surface area (Å²) in [5.74, 6) is 0. The van der Waals surface area contributed by atoms with E-state index in [9.17, 15) is 0 Å². The predicted molar refractivity (Wildman–Crippen MR) is 250 cm³/mol. The van der Waals surface area contributed by atoms with Crippen molar-refractivity contribution in [3.05, 3.63) is 264 Å². The molecule has 2 aliphatic heterocycles. The van der Waals surface area contributed by atoms with E-state index < -0.39 is 13.5 Å². The summed E-state index contributed by atoms with van der Waals surface area (Å²) in [6, 6.07) is 87.9. The maximum absolute atomic E-state index is 2.74. The molecule has 11 rings (SSSR count). The first-order valence-electron chi connectivity index (χ1n) is 20.5. The molecule has 280 valence electrons. The van der Waals surface area contributed by atoms with E-state index in [1.165, 1.54) is 77.0 Å². The summed E-state index contributed by atoms with van der Waals surface area (Å²) >= 11 is 0. The highest BCUT2D eigenvalue weighted by atomic mass is 28.3. The van der Waals surface area contributed by atoms with Gasteiger partial charge in [-0.15, -0.1) is 0 Å². The van der Waals surface area contributed by atoms with Crippen LogP contribution in [0.25, 0.3) is 0 Å². The summed E-state index contributed by atoms with van der Waals surface area (Å²) < 4.78 is 0. The number of nitrogens with zero attached hydrogens (tertiary/aromatic N) is 2. The number of para-hydroxylation sites is 4. The molecule has 0 saturated carbocycles. The summed E-state index contributed by atoms with van der Waals surface area (Å²) in [5, 5.41) is 5.56. The Hall–Kier alpha value is -7.20. The second kappa shape index (κ2) is 14.0. The second-order valence-corrected chi connectivity index (χ2v) is 19.4. The Morgan fingerprint density at radius 2 is 0.627 bits per heavy atom. The van der Waals surface area contributed by atoms with Crippen molar-refractivity contribution >= 4 is 62.9 Å². The third-order valence-corrected chi connectivity index (χ3v) is 17.6. The van der Waals surface area contributed by atoms with Gasteiger partial charge in [0.05, 0.1) is 28.2 Å². The molecule has 0 N–H and O–H groups in total. The Kier molecular flexibility index (Phi) is 8.31. The highest BCUT2D eigenvalue weighted by molar-refractivity contribution is 7.21. The first kappa shape index (κ1) is 35.0. The molecule has 0 aliphatic carbocycles. The zero-order valence-electron chi connectivity index (χ0n) is 32.9. The van der Waals surface area contributed by atoms with Crippen molar-refractivity contribution in [2.75, 3.05) is 9.80 Å². The summed E-state index contributed by atoms with van der Waals surface area (Å²) in [4.78, 5) is 5.06. The molecule has 0 fully saturated rings. The number of rotatable bonds is 6. The van der Waals surface area contributed by atoms with Crippen molar-refractivity contribution < 1.29 is 0 Å². The molecule has 9 aromatic rings. The summed E-state index contributed by atoms with van der Waals surface area (Å²) in [6.07, 6.45) is 0. The molecule has 0 radical (unpaired) electrons. The molecule has 59 heavy (non-hydrogen) atoms. The summed E-state index contributed by atoms with van der Waals surface area (Å²) in [6.45, 7) is 2.31. The first-order chi connectivity index (χ1) is 29.2. The quantitative estimate of drug-likeness (QED) is 0.155. The van der Waals surface area contributed by atoms with Gasteiger partial charge in [-0.3, -0.25) is 0 Å². The predicted octanol–water partition coefficient (Wildman–Crippen LogP) is 11.3. The average molecular weight is 771 g/mol. The molecule has 2 aliphatic rings. The molecule has 0 saturated heterocycles. The van der Waals surface area contributed by atoms with Crippen molar-refractivity contribution in [3.8, 4) is 0 Å². The van der Waals surface area contributed by atoms with Crippen LogP contribution < -0.4 is 30.5 Å². The molecule has 2 heterocycles. The lowest BCUT2D eigenvalue weighted by molar-refractivity contribution is 0.731. The van der Waals surface area contributed by atoms with E-state index in [0.717, 1.165) is 5.69 Å². The number of fused-ring (bicyclic) bond motifs is 4. The van der Waals surface area contributed by atoms with E-state index in [0.29, 0.717) is 0 Å². The lowest BCUT2D eigenvalue weighted by atomic mass is 9.62. The van der Waals surface area contributed by atoms with Crippen LogP contribution in [-0.2, 0) is 5.41 Å². The van der Waals surface area contributed by atoms with Crippen molar-refractivity contribution in [2.24, 2.45) is 0 Å². The van der Waals surface area contributed by atoms with E-state index in [1.807, 2.05) is 0 Å². The largest absolute Gasteiger partial charge is 0.310 e. The van der Waals surface area contributed by atoms with Crippen LogP contribution in [0.4, 0.5) is 34.1 Å². The maximum atomic E-state index is 2.54. The zero-order valence-corrected chi connectivity index (χ0v) is 33.9. The molecule has 3 heteroatoms. The Bertz CT molecular complexity index is 2580. The standard InChI is InChI=1S/C56H42N2Si/c1-41-48(57-50-33-16-14-31-46(50)56(42-23-6-2-7-24-42,43-25-8-3-9-26-43)47-32-15-17-34-51(47)57)37-22-38-49(41)58-52-35-18-20-39-54(52)59(44-27-10-4-11-28-44,45-29-12-5-13-30-45)55-40-21-19-36-53(55)58/h2-40H,1H3. The van der Waals surface area contributed by atoms with Crippen LogP contribution in [0, 0.1) is 6.92 Å². The maximum Gasteiger partial charge on any atom is 0.184 e. The lowest BCUT2D eigenvalue weighted by Crippen LogP contribution is -2.77. The van der Waals surface area contributed by atoms with E-state index in [4.69, 9.17) is 0 Å². The highest BCUT2D eigenvalue weighted by Gasteiger charge is 2.50. The SMILES string of the molecule is Cc1c(N2c3ccccc3C(c3ccccc3)(c3ccccc3)c3ccccc32)cccc1N1c2ccccc2[Si](c2ccccc2)(c2ccccc2)c2ccccc21. The first-order valence-corrected chi connectivity index (χ1v) is 22.5. The van der Waals surface area contributed by atoms with Crippen LogP contribution >= 0.6 is 0 Å². The van der Waals surface area contributed by atoms with Crippen LogP contribution in [0.3, 0.4) is 0 Å². The summed E-state index contributed by atoms with van der Waals surface area (Å²) in [7, 11) is -2.74. The fraction of sp³-hybridized carbons (Fsp3) is 0.0357. The minimum atomic E-state index is -2.74. The number of hydrogen-bond acceptors (Lipinski definition) is 2. The molecular formula is C56H42N2Si. The second-order valence-electron chi connectivity index (χ2n) is 15.6. The van der Waals surface area contributed by atoms with Gasteiger partial charge in [-0.1, -0.05) is 200 Å². The number of benzene rings is 9. The van der Waals surface area contributed by atoms with Gasteiger partial charge in [-0.25, -0.2) is 0 Å². The Morgan fingerprint density at radius 3 is 1.07 bits per heavy atom. The Balaban J connectivity index is 1.16. The monoisotopic (exact) mass is 770 g/mol. The van der Waals surface area contributed by atoms with E-state index in [1.54, 1.807) is 0 Å². The van der Waals surface area contributed by atoms with Gasteiger partial charge in [-0.05, 0) is 91.9 Å². The molecular weight excluding hydrogens is 729 g/mol. The summed E-state index contributed by atoms with van der Waals surface area (Å²) in [5.41, 5.74) is 12.9. The van der Waals surface area contributed by atoms with Crippen LogP contribution in [0.15, 0.2) is 237 Å². The zero-order chi connectivity index (χ0) is 39.4. The van der Waals surface area contributed by atoms with Gasteiger partial charge in [0, 0.05) is 11.4 Å². The van der Waals surface area contributed by atoms with Gasteiger partial charge >= 0.3 is 0 Å². The topological polar surface area (TPSA) is 6.48 Å². The van der Waals surface area contributed by atoms with Gasteiger partial charge in [0.1, 0.15) is 0 Å². The van der Waals surface area contributed by atoms with Crippen LogP contribution in [0.1, 0.15) is 27.8 Å². The lowest BCUT2D eigenvalue weighted by Gasteiger charge is -2.47. The average Bonchev–Trinajstić information content (AvgIpc) is 3.31. The van der Waals surface area contributed by atoms with Crippen LogP contribution in [0.2, 0.25) is 0 Å². The van der Waals surface area contributed by atoms with Gasteiger partial charge < -0.3 is 9.80 Å². The van der Waals surface area contributed by atoms with Gasteiger partial charge in [0.25, 0.3) is 0 Å². The molecule has 0 unspecified atom stereocenters. The van der Waals surface area contributed by atoms with Gasteiger partial charge in [0.15, 0.2) is 8.07 Å². The van der Waals surface area contributed by atoms with Crippen LogP contribution in [0.5, 0.6) is 0 Å². The van der Waals surface area contributed by atoms with Crippen molar-refractivity contribution in [3.63, 3.8) is 0 Å². The molecule has 9 aromatic carbocycles. The molecule has 2 nitrogen and oxygen atoms in total. The van der Waals surface area contributed by atoms with Gasteiger partial charge in [-0.2, -0.15) is 0 Å². The minimum Gasteiger partial charge on any atom is -0.310 e. The number of hydrogen-bond donors (Lipinski definition) is 0. The molecule has 0 atom stereocenters. The van der Waals surface area contributed by atoms with Crippen molar-refractivity contribution in [1.29, 1.82) is 0 Å². The van der Waals surface area contributed by atoms with E-state index in [2.05, 4.69) is 253 Å². The Labute approximate surface area is 348 Å². The van der Waals surface area contributed by atoms with Crippen molar-refractivity contribution in [2.45, 2.75) is 12.3 Å². The third-order valence-electron chi connectivity index (χ3n) is 12.8. The van der Waals surface area contributed by atoms with Gasteiger partial charge in [0.2, 0.25) is 0 Å². The highest BCUT2D eigenvalue weighted by Crippen LogP contribution is 2.58. The third kappa shape index (κ3) is 5.05. The minimum absolute atomic E-state index is 0.523. The normalized spacial score (nSPS) is 14.4. The fourth-order valence-corrected chi connectivity index (χ4v) is 15.5. The van der Waals surface area contributed by atoms with Crippen LogP contribution in [-0.4, -0.2) is 8.07 Å². The molecule has 0 amide bonds. The van der Waals surface area contributed by atoms with E-state index in [-0.39, 0.29) is 0 Å². The number of anilines is 6. The van der Waals surface area contributed by atoms with Crippen molar-refractivity contribution in [1.82, 2.24) is 0 Å². The molecule has 0 spiro atoms. The van der Waals surface area contributed by atoms with E-state index >= 15 is 0 Å². The smallest absolute Gasteiger partial charge is 0.184 e. The molecule has 0 aromatic heterocycles.